The van der Waals surface area contributed by atoms with E-state index in [-0.39, 0.29) is 5.56 Å². The van der Waals surface area contributed by atoms with Crippen molar-refractivity contribution >= 4 is 10.9 Å². The third-order valence-corrected chi connectivity index (χ3v) is 5.75. The average molecular weight is 401 g/mol. The molecule has 0 saturated heterocycles. The fourth-order valence-electron chi connectivity index (χ4n) is 4.11. The largest absolute Gasteiger partial charge is 0.347 e. The summed E-state index contributed by atoms with van der Waals surface area (Å²) in [5.74, 6) is 0. The van der Waals surface area contributed by atoms with Gasteiger partial charge in [0.2, 0.25) is 0 Å². The summed E-state index contributed by atoms with van der Waals surface area (Å²) in [7, 11) is 2.11. The van der Waals surface area contributed by atoms with Crippen molar-refractivity contribution in [3.63, 3.8) is 0 Å². The van der Waals surface area contributed by atoms with Crippen LogP contribution >= 0.6 is 0 Å². The van der Waals surface area contributed by atoms with Crippen LogP contribution in [0.15, 0.2) is 59.7 Å². The van der Waals surface area contributed by atoms with E-state index in [1.165, 1.54) is 16.6 Å². The molecule has 0 spiro atoms. The summed E-state index contributed by atoms with van der Waals surface area (Å²) in [5, 5.41) is 4.70. The van der Waals surface area contributed by atoms with Crippen molar-refractivity contribution in [3.05, 3.63) is 82.2 Å². The summed E-state index contributed by atoms with van der Waals surface area (Å²) < 4.78 is 3.95. The predicted octanol–water partition coefficient (Wildman–Crippen LogP) is 4.37. The molecule has 0 aliphatic carbocycles. The average Bonchev–Trinajstić information content (AvgIpc) is 3.03. The van der Waals surface area contributed by atoms with E-state index in [1.807, 2.05) is 43.6 Å². The van der Waals surface area contributed by atoms with Crippen LogP contribution in [-0.2, 0) is 20.0 Å². The van der Waals surface area contributed by atoms with Gasteiger partial charge in [-0.1, -0.05) is 26.0 Å². The van der Waals surface area contributed by atoms with Gasteiger partial charge in [0.05, 0.1) is 11.2 Å². The topological polar surface area (TPSA) is 51.9 Å². The highest BCUT2D eigenvalue weighted by Gasteiger charge is 2.14. The molecule has 0 radical (unpaired) electrons. The van der Waals surface area contributed by atoms with Crippen LogP contribution < -0.4 is 10.9 Å². The molecular formula is C25H28N4O. The van der Waals surface area contributed by atoms with Crippen LogP contribution in [0.2, 0.25) is 0 Å². The van der Waals surface area contributed by atoms with E-state index in [4.69, 9.17) is 0 Å². The van der Waals surface area contributed by atoms with Crippen molar-refractivity contribution in [1.82, 2.24) is 19.4 Å². The van der Waals surface area contributed by atoms with Crippen molar-refractivity contribution in [2.45, 2.75) is 33.7 Å². The monoisotopic (exact) mass is 400 g/mol. The maximum absolute atomic E-state index is 12.9. The molecule has 0 fully saturated rings. The number of pyridine rings is 2. The Balaban J connectivity index is 1.77. The molecule has 30 heavy (non-hydrogen) atoms. The minimum atomic E-state index is -0.0507. The third-order valence-electron chi connectivity index (χ3n) is 5.75. The Kier molecular flexibility index (Phi) is 5.55. The Morgan fingerprint density at radius 3 is 2.53 bits per heavy atom. The lowest BCUT2D eigenvalue weighted by Crippen LogP contribution is -2.16. The van der Waals surface area contributed by atoms with E-state index >= 15 is 0 Å². The van der Waals surface area contributed by atoms with Gasteiger partial charge in [0.15, 0.2) is 0 Å². The molecular weight excluding hydrogens is 372 g/mol. The fourth-order valence-corrected chi connectivity index (χ4v) is 4.11. The van der Waals surface area contributed by atoms with Crippen molar-refractivity contribution in [1.29, 1.82) is 0 Å². The van der Waals surface area contributed by atoms with Crippen LogP contribution in [-0.4, -0.2) is 20.7 Å². The number of rotatable bonds is 6. The molecule has 5 nitrogen and oxygen atoms in total. The molecule has 5 heteroatoms. The van der Waals surface area contributed by atoms with Crippen LogP contribution in [0.4, 0.5) is 0 Å². The highest BCUT2D eigenvalue weighted by Crippen LogP contribution is 2.28. The lowest BCUT2D eigenvalue weighted by atomic mass is 10.1. The Morgan fingerprint density at radius 1 is 1.03 bits per heavy atom. The lowest BCUT2D eigenvalue weighted by Gasteiger charge is -2.09. The summed E-state index contributed by atoms with van der Waals surface area (Å²) >= 11 is 0. The number of aromatic nitrogens is 3. The molecule has 0 bridgehead atoms. The quantitative estimate of drug-likeness (QED) is 0.523. The molecule has 3 heterocycles. The van der Waals surface area contributed by atoms with Gasteiger partial charge in [0.25, 0.3) is 5.56 Å². The Morgan fingerprint density at radius 2 is 1.87 bits per heavy atom. The molecule has 0 amide bonds. The first-order chi connectivity index (χ1) is 14.5. The van der Waals surface area contributed by atoms with Crippen LogP contribution in [0.3, 0.4) is 0 Å². The van der Waals surface area contributed by atoms with Crippen LogP contribution in [0, 0.1) is 6.92 Å². The van der Waals surface area contributed by atoms with Crippen molar-refractivity contribution < 1.29 is 0 Å². The second-order valence-corrected chi connectivity index (χ2v) is 7.63. The number of hydrogen-bond acceptors (Lipinski definition) is 3. The smallest absolute Gasteiger partial charge is 0.255 e. The van der Waals surface area contributed by atoms with Gasteiger partial charge in [-0.2, -0.15) is 0 Å². The first-order valence-electron chi connectivity index (χ1n) is 10.5. The molecule has 0 saturated carbocycles. The zero-order valence-electron chi connectivity index (χ0n) is 18.1. The lowest BCUT2D eigenvalue weighted by molar-refractivity contribution is 0.715. The van der Waals surface area contributed by atoms with E-state index in [1.54, 1.807) is 10.6 Å². The van der Waals surface area contributed by atoms with Crippen LogP contribution in [0.1, 0.15) is 30.8 Å². The number of nitrogens with one attached hydrogen (secondary N) is 1. The van der Waals surface area contributed by atoms with Crippen LogP contribution in [0.5, 0.6) is 0 Å². The number of aryl methyl sites for hydroxylation is 2. The maximum Gasteiger partial charge on any atom is 0.255 e. The van der Waals surface area contributed by atoms with Crippen molar-refractivity contribution in [3.8, 4) is 16.8 Å². The Bertz CT molecular complexity index is 1250. The molecule has 1 aromatic carbocycles. The summed E-state index contributed by atoms with van der Waals surface area (Å²) in [5.41, 5.74) is 7.44. The summed E-state index contributed by atoms with van der Waals surface area (Å²) in [6.07, 6.45) is 4.63. The highest BCUT2D eigenvalue weighted by molar-refractivity contribution is 5.87. The molecule has 0 aliphatic rings. The van der Waals surface area contributed by atoms with E-state index in [9.17, 15) is 4.79 Å². The SMILES string of the molecule is CCNCc1c(CC)n(C)c2cc(-n3ccc(-c4ccc(C)nc4)cc3=O)ccc12. The minimum absolute atomic E-state index is 0.0507. The zero-order chi connectivity index (χ0) is 21.3. The van der Waals surface area contributed by atoms with E-state index in [2.05, 4.69) is 47.9 Å². The zero-order valence-corrected chi connectivity index (χ0v) is 18.1. The minimum Gasteiger partial charge on any atom is -0.347 e. The van der Waals surface area contributed by atoms with Gasteiger partial charge in [0.1, 0.15) is 0 Å². The second kappa shape index (κ2) is 8.28. The second-order valence-electron chi connectivity index (χ2n) is 7.63. The number of hydrogen-bond donors (Lipinski definition) is 1. The predicted molar refractivity (Wildman–Crippen MR) is 123 cm³/mol. The van der Waals surface area contributed by atoms with Crippen molar-refractivity contribution in [2.75, 3.05) is 6.54 Å². The standard InChI is InChI=1S/C25H28N4O/c1-5-23-22(16-26-6-2)21-10-9-20(14-24(21)28(23)4)29-12-11-18(13-25(29)30)19-8-7-17(3)27-15-19/h7-15,26H,5-6,16H2,1-4H3. The summed E-state index contributed by atoms with van der Waals surface area (Å²) in [6.45, 7) is 8.06. The molecule has 4 aromatic rings. The fraction of sp³-hybridized carbons (Fsp3) is 0.280. The van der Waals surface area contributed by atoms with Gasteiger partial charge >= 0.3 is 0 Å². The molecule has 0 atom stereocenters. The van der Waals surface area contributed by atoms with E-state index in [0.717, 1.165) is 47.5 Å². The summed E-state index contributed by atoms with van der Waals surface area (Å²) in [6, 6.07) is 13.9. The molecule has 154 valence electrons. The molecule has 0 unspecified atom stereocenters. The molecule has 1 N–H and O–H groups in total. The normalized spacial score (nSPS) is 11.3. The van der Waals surface area contributed by atoms with Gasteiger partial charge in [-0.3, -0.25) is 14.3 Å². The van der Waals surface area contributed by atoms with Gasteiger partial charge in [-0.25, -0.2) is 0 Å². The van der Waals surface area contributed by atoms with Gasteiger partial charge in [-0.05, 0) is 55.3 Å². The van der Waals surface area contributed by atoms with E-state index in [0.29, 0.717) is 0 Å². The molecule has 0 aliphatic heterocycles. The first kappa shape index (κ1) is 20.1. The van der Waals surface area contributed by atoms with Gasteiger partial charge in [-0.15, -0.1) is 0 Å². The Labute approximate surface area is 177 Å². The third kappa shape index (κ3) is 3.57. The Hall–Kier alpha value is -3.18. The van der Waals surface area contributed by atoms with Gasteiger partial charge < -0.3 is 9.88 Å². The van der Waals surface area contributed by atoms with Crippen molar-refractivity contribution in [2.24, 2.45) is 7.05 Å². The van der Waals surface area contributed by atoms with Gasteiger partial charge in [0, 0.05) is 54.4 Å². The maximum atomic E-state index is 12.9. The number of nitrogens with zero attached hydrogens (tertiary/aromatic N) is 3. The molecule has 3 aromatic heterocycles. The van der Waals surface area contributed by atoms with E-state index < -0.39 is 0 Å². The molecule has 4 rings (SSSR count). The van der Waals surface area contributed by atoms with Crippen LogP contribution in [0.25, 0.3) is 27.7 Å². The first-order valence-corrected chi connectivity index (χ1v) is 10.5. The summed E-state index contributed by atoms with van der Waals surface area (Å²) in [4.78, 5) is 17.2. The highest BCUT2D eigenvalue weighted by atomic mass is 16.1. The number of benzene rings is 1. The number of fused-ring (bicyclic) bond motifs is 1.